The maximum absolute atomic E-state index is 14.9. The van der Waals surface area contributed by atoms with E-state index in [2.05, 4.69) is 4.98 Å². The van der Waals surface area contributed by atoms with E-state index in [9.17, 15) is 9.50 Å². The highest BCUT2D eigenvalue weighted by atomic mass is 19.1. The van der Waals surface area contributed by atoms with E-state index in [1.807, 2.05) is 25.1 Å². The average molecular weight is 333 g/mol. The average Bonchev–Trinajstić information content (AvgIpc) is 3.20. The van der Waals surface area contributed by atoms with Crippen molar-refractivity contribution in [1.82, 2.24) is 4.98 Å². The van der Waals surface area contributed by atoms with Gasteiger partial charge in [0, 0.05) is 5.39 Å². The highest BCUT2D eigenvalue weighted by molar-refractivity contribution is 6.07. The van der Waals surface area contributed by atoms with Crippen molar-refractivity contribution in [3.63, 3.8) is 0 Å². The van der Waals surface area contributed by atoms with Gasteiger partial charge in [-0.25, -0.2) is 9.37 Å². The lowest BCUT2D eigenvalue weighted by molar-refractivity contribution is 0.435. The zero-order valence-corrected chi connectivity index (χ0v) is 13.2. The van der Waals surface area contributed by atoms with Crippen LogP contribution in [0.2, 0.25) is 0 Å². The molecule has 25 heavy (non-hydrogen) atoms. The number of rotatable bonds is 1. The summed E-state index contributed by atoms with van der Waals surface area (Å²) in [4.78, 5) is 4.41. The van der Waals surface area contributed by atoms with Gasteiger partial charge in [0.1, 0.15) is 16.7 Å². The number of hydrogen-bond acceptors (Lipinski definition) is 4. The van der Waals surface area contributed by atoms with Crippen LogP contribution in [0.15, 0.2) is 57.4 Å². The molecule has 0 fully saturated rings. The fraction of sp³-hybridized carbons (Fsp3) is 0.0500. The first-order chi connectivity index (χ1) is 12.1. The van der Waals surface area contributed by atoms with Gasteiger partial charge in [0.15, 0.2) is 17.1 Å². The SMILES string of the molecule is Cc1cccc2oc(-c3cc4oc5ccccc5c4c(F)c3O)nc12. The van der Waals surface area contributed by atoms with E-state index in [0.717, 1.165) is 5.56 Å². The summed E-state index contributed by atoms with van der Waals surface area (Å²) >= 11 is 0. The molecule has 2 aromatic heterocycles. The molecule has 5 aromatic rings. The molecular formula is C20H12FNO3. The predicted molar refractivity (Wildman–Crippen MR) is 93.1 cm³/mol. The fourth-order valence-electron chi connectivity index (χ4n) is 3.19. The number of phenols is 1. The molecule has 0 aliphatic heterocycles. The van der Waals surface area contributed by atoms with Crippen molar-refractivity contribution in [2.75, 3.05) is 0 Å². The lowest BCUT2D eigenvalue weighted by Crippen LogP contribution is -1.85. The van der Waals surface area contributed by atoms with Crippen LogP contribution in [-0.2, 0) is 0 Å². The Morgan fingerprint density at radius 2 is 1.76 bits per heavy atom. The van der Waals surface area contributed by atoms with Gasteiger partial charge in [0.2, 0.25) is 5.89 Å². The monoisotopic (exact) mass is 333 g/mol. The molecule has 0 spiro atoms. The molecular weight excluding hydrogens is 321 g/mol. The van der Waals surface area contributed by atoms with Gasteiger partial charge in [0.25, 0.3) is 0 Å². The van der Waals surface area contributed by atoms with Crippen molar-refractivity contribution >= 4 is 33.0 Å². The molecule has 2 heterocycles. The van der Waals surface area contributed by atoms with Crippen LogP contribution in [0.1, 0.15) is 5.56 Å². The van der Waals surface area contributed by atoms with Gasteiger partial charge in [-0.2, -0.15) is 0 Å². The molecule has 0 bridgehead atoms. The number of aromatic nitrogens is 1. The van der Waals surface area contributed by atoms with Gasteiger partial charge in [-0.15, -0.1) is 0 Å². The second-order valence-corrected chi connectivity index (χ2v) is 6.00. The Kier molecular flexibility index (Phi) is 2.71. The van der Waals surface area contributed by atoms with Crippen molar-refractivity contribution in [1.29, 1.82) is 0 Å². The number of phenolic OH excluding ortho intramolecular Hbond substituents is 1. The molecule has 0 saturated carbocycles. The zero-order chi connectivity index (χ0) is 17.1. The number of furan rings is 1. The van der Waals surface area contributed by atoms with Crippen molar-refractivity contribution in [2.24, 2.45) is 0 Å². The van der Waals surface area contributed by atoms with Crippen LogP contribution in [0.3, 0.4) is 0 Å². The molecule has 0 unspecified atom stereocenters. The van der Waals surface area contributed by atoms with Crippen LogP contribution in [0.4, 0.5) is 4.39 Å². The third kappa shape index (κ3) is 1.89. The van der Waals surface area contributed by atoms with Crippen molar-refractivity contribution in [2.45, 2.75) is 6.92 Å². The first-order valence-corrected chi connectivity index (χ1v) is 7.83. The van der Waals surface area contributed by atoms with Gasteiger partial charge in [0.05, 0.1) is 10.9 Å². The van der Waals surface area contributed by atoms with E-state index in [1.165, 1.54) is 0 Å². The Balaban J connectivity index is 1.85. The standard InChI is InChI=1S/C20H12FNO3/c1-10-5-4-8-14-18(10)22-20(25-14)12-9-15-16(17(21)19(12)23)11-6-2-3-7-13(11)24-15/h2-9,23H,1H3. The fourth-order valence-corrected chi connectivity index (χ4v) is 3.19. The molecule has 1 N–H and O–H groups in total. The van der Waals surface area contributed by atoms with E-state index >= 15 is 0 Å². The van der Waals surface area contributed by atoms with Gasteiger partial charge >= 0.3 is 0 Å². The van der Waals surface area contributed by atoms with E-state index in [1.54, 1.807) is 30.3 Å². The summed E-state index contributed by atoms with van der Waals surface area (Å²) in [6.07, 6.45) is 0. The largest absolute Gasteiger partial charge is 0.504 e. The van der Waals surface area contributed by atoms with Gasteiger partial charge in [-0.05, 0) is 30.7 Å². The predicted octanol–water partition coefficient (Wildman–Crippen LogP) is 5.55. The molecule has 0 saturated heterocycles. The quantitative estimate of drug-likeness (QED) is 0.437. The molecule has 0 amide bonds. The van der Waals surface area contributed by atoms with E-state index in [4.69, 9.17) is 8.83 Å². The summed E-state index contributed by atoms with van der Waals surface area (Å²) in [6, 6.07) is 14.2. The smallest absolute Gasteiger partial charge is 0.231 e. The van der Waals surface area contributed by atoms with Gasteiger partial charge in [-0.1, -0.05) is 30.3 Å². The maximum atomic E-state index is 14.9. The number of hydrogen-bond donors (Lipinski definition) is 1. The van der Waals surface area contributed by atoms with E-state index in [-0.39, 0.29) is 16.8 Å². The van der Waals surface area contributed by atoms with Gasteiger partial charge in [-0.3, -0.25) is 0 Å². The van der Waals surface area contributed by atoms with Crippen LogP contribution < -0.4 is 0 Å². The Hall–Kier alpha value is -3.34. The molecule has 0 atom stereocenters. The maximum Gasteiger partial charge on any atom is 0.231 e. The Morgan fingerprint density at radius 3 is 2.60 bits per heavy atom. The summed E-state index contributed by atoms with van der Waals surface area (Å²) in [5.41, 5.74) is 3.27. The number of benzene rings is 3. The summed E-state index contributed by atoms with van der Waals surface area (Å²) in [7, 11) is 0. The first-order valence-electron chi connectivity index (χ1n) is 7.83. The normalized spacial score (nSPS) is 11.8. The molecule has 122 valence electrons. The molecule has 0 aliphatic carbocycles. The zero-order valence-electron chi connectivity index (χ0n) is 13.2. The highest BCUT2D eigenvalue weighted by Gasteiger charge is 2.22. The summed E-state index contributed by atoms with van der Waals surface area (Å²) in [5.74, 6) is -1.08. The number of para-hydroxylation sites is 2. The summed E-state index contributed by atoms with van der Waals surface area (Å²) in [5, 5.41) is 11.3. The number of halogens is 1. The molecule has 5 rings (SSSR count). The van der Waals surface area contributed by atoms with E-state index < -0.39 is 11.6 Å². The molecule has 0 radical (unpaired) electrons. The van der Waals surface area contributed by atoms with Crippen LogP contribution in [0.5, 0.6) is 5.75 Å². The van der Waals surface area contributed by atoms with Crippen LogP contribution in [0, 0.1) is 12.7 Å². The van der Waals surface area contributed by atoms with Crippen molar-refractivity contribution < 1.29 is 18.3 Å². The third-order valence-electron chi connectivity index (χ3n) is 4.43. The minimum atomic E-state index is -0.739. The Morgan fingerprint density at radius 1 is 0.960 bits per heavy atom. The molecule has 0 aliphatic rings. The van der Waals surface area contributed by atoms with Crippen LogP contribution in [0.25, 0.3) is 44.5 Å². The van der Waals surface area contributed by atoms with Crippen molar-refractivity contribution in [3.8, 4) is 17.2 Å². The number of aryl methyl sites for hydroxylation is 1. The lowest BCUT2D eigenvalue weighted by atomic mass is 10.1. The molecule has 5 heteroatoms. The highest BCUT2D eigenvalue weighted by Crippen LogP contribution is 2.41. The topological polar surface area (TPSA) is 59.4 Å². The second-order valence-electron chi connectivity index (χ2n) is 6.00. The Labute approximate surface area is 141 Å². The lowest BCUT2D eigenvalue weighted by Gasteiger charge is -2.02. The number of fused-ring (bicyclic) bond motifs is 4. The summed E-state index contributed by atoms with van der Waals surface area (Å²) < 4.78 is 26.3. The third-order valence-corrected chi connectivity index (χ3v) is 4.43. The number of aromatic hydroxyl groups is 1. The van der Waals surface area contributed by atoms with Crippen LogP contribution >= 0.6 is 0 Å². The Bertz CT molecular complexity index is 1280. The van der Waals surface area contributed by atoms with Gasteiger partial charge < -0.3 is 13.9 Å². The number of oxazole rings is 1. The number of nitrogens with zero attached hydrogens (tertiary/aromatic N) is 1. The van der Waals surface area contributed by atoms with E-state index in [0.29, 0.717) is 27.7 Å². The first kappa shape index (κ1) is 14.0. The molecule has 3 aromatic carbocycles. The minimum Gasteiger partial charge on any atom is -0.504 e. The second kappa shape index (κ2) is 4.83. The minimum absolute atomic E-state index is 0.156. The summed E-state index contributed by atoms with van der Waals surface area (Å²) in [6.45, 7) is 1.91. The van der Waals surface area contributed by atoms with Crippen LogP contribution in [-0.4, -0.2) is 10.1 Å². The molecule has 4 nitrogen and oxygen atoms in total. The van der Waals surface area contributed by atoms with Crippen molar-refractivity contribution in [3.05, 3.63) is 59.9 Å².